The minimum Gasteiger partial charge on any atom is -0.394 e. The van der Waals surface area contributed by atoms with Crippen molar-refractivity contribution in [2.24, 2.45) is 52.3 Å². The Labute approximate surface area is 486 Å². The zero-order valence-electron chi connectivity index (χ0n) is 47.8. The largest absolute Gasteiger partial charge is 0.394 e. The Morgan fingerprint density at radius 3 is 1.65 bits per heavy atom. The van der Waals surface area contributed by atoms with Gasteiger partial charge in [-0.1, -0.05) is 27.7 Å². The van der Waals surface area contributed by atoms with E-state index in [9.17, 15) is 81.7 Å². The second-order valence-corrected chi connectivity index (χ2v) is 26.8. The lowest BCUT2D eigenvalue weighted by Crippen LogP contribution is -2.68. The van der Waals surface area contributed by atoms with Gasteiger partial charge in [0.05, 0.1) is 51.8 Å². The van der Waals surface area contributed by atoms with E-state index < -0.39 is 198 Å². The molecule has 7 saturated heterocycles. The van der Waals surface area contributed by atoms with E-state index in [1.807, 2.05) is 6.92 Å². The van der Waals surface area contributed by atoms with Gasteiger partial charge in [-0.25, -0.2) is 0 Å². The van der Waals surface area contributed by atoms with Gasteiger partial charge < -0.3 is 139 Å². The van der Waals surface area contributed by atoms with Crippen LogP contribution in [0.5, 0.6) is 0 Å². The third-order valence-electron chi connectivity index (χ3n) is 22.1. The Balaban J connectivity index is 0.747. The molecule has 16 N–H and O–H groups in total. The van der Waals surface area contributed by atoms with E-state index in [1.54, 1.807) is 0 Å². The first kappa shape index (κ1) is 64.4. The van der Waals surface area contributed by atoms with Crippen molar-refractivity contribution in [3.8, 4) is 0 Å². The van der Waals surface area contributed by atoms with Crippen LogP contribution in [0.1, 0.15) is 85.5 Å². The summed E-state index contributed by atoms with van der Waals surface area (Å²) in [6.45, 7) is 5.80. The van der Waals surface area contributed by atoms with Gasteiger partial charge in [0.1, 0.15) is 122 Å². The van der Waals surface area contributed by atoms with Gasteiger partial charge in [0.2, 0.25) is 0 Å². The van der Waals surface area contributed by atoms with Crippen LogP contribution in [0.25, 0.3) is 0 Å². The molecular weight excluding hydrogens is 1120 g/mol. The Morgan fingerprint density at radius 2 is 1.00 bits per heavy atom. The standard InChI is InChI=1S/C56H92O28/c1-20-11-33(80-51-43(70)39(66)36(63)29(14-57)76-51)56(74-18-20)21(2)34-28(84-56)13-26-24-6-5-22-12-23(7-9-54(22,3)25(24)8-10-55(26,34)4)75-50-45(72)41(68)46(32(17-60)79-50)81-53-48(83-52-44(71)40(67)37(64)30(15-58)77-52)47(38(65)31(16-59)78-53)82-49-42(69)35(62)27(61)19-73-49/h20-53,57-72H,5-19H2,1-4H3/t20-,21+,22+,23+,24-,25+,26+,27-,28+,29-,30-,31-,32-,33+,34+,35+,36-,37-,38-,39+,40+,41-,42-,43-,44-,45-,46+,47+,48-,49+,50-,51+,52+,53+,54+,55+,56+/m1/s1. The van der Waals surface area contributed by atoms with E-state index >= 15 is 0 Å². The van der Waals surface area contributed by atoms with Gasteiger partial charge in [0.25, 0.3) is 0 Å². The molecule has 484 valence electrons. The van der Waals surface area contributed by atoms with Crippen LogP contribution in [-0.2, 0) is 56.8 Å². The van der Waals surface area contributed by atoms with Crippen molar-refractivity contribution < 1.29 is 139 Å². The Bertz CT molecular complexity index is 2190. The van der Waals surface area contributed by atoms with Crippen LogP contribution in [0.3, 0.4) is 0 Å². The van der Waals surface area contributed by atoms with Gasteiger partial charge in [-0.2, -0.15) is 0 Å². The number of aliphatic hydroxyl groups excluding tert-OH is 16. The summed E-state index contributed by atoms with van der Waals surface area (Å²) in [4.78, 5) is 0. The summed E-state index contributed by atoms with van der Waals surface area (Å²) in [7, 11) is 0. The number of ether oxygens (including phenoxy) is 12. The fraction of sp³-hybridized carbons (Fsp3) is 1.00. The van der Waals surface area contributed by atoms with Gasteiger partial charge in [0.15, 0.2) is 37.2 Å². The Morgan fingerprint density at radius 1 is 0.452 bits per heavy atom. The maximum atomic E-state index is 11.9. The molecule has 28 nitrogen and oxygen atoms in total. The highest BCUT2D eigenvalue weighted by molar-refractivity contribution is 5.17. The maximum Gasteiger partial charge on any atom is 0.198 e. The summed E-state index contributed by atoms with van der Waals surface area (Å²) >= 11 is 0. The lowest BCUT2D eigenvalue weighted by Gasteiger charge is -2.61. The van der Waals surface area contributed by atoms with E-state index in [4.69, 9.17) is 56.8 Å². The third kappa shape index (κ3) is 11.1. The number of hydrogen-bond acceptors (Lipinski definition) is 28. The van der Waals surface area contributed by atoms with Crippen molar-refractivity contribution in [1.29, 1.82) is 0 Å². The van der Waals surface area contributed by atoms with Gasteiger partial charge in [-0.15, -0.1) is 0 Å². The number of rotatable bonds is 14. The van der Waals surface area contributed by atoms with Crippen molar-refractivity contribution in [2.45, 2.75) is 257 Å². The monoisotopic (exact) mass is 1210 g/mol. The van der Waals surface area contributed by atoms with Crippen LogP contribution >= 0.6 is 0 Å². The highest BCUT2D eigenvalue weighted by Gasteiger charge is 2.72. The summed E-state index contributed by atoms with van der Waals surface area (Å²) in [6.07, 6.45) is -34.5. The average molecular weight is 1210 g/mol. The third-order valence-corrected chi connectivity index (χ3v) is 22.1. The molecule has 0 bridgehead atoms. The molecular formula is C56H92O28. The van der Waals surface area contributed by atoms with E-state index in [2.05, 4.69) is 20.8 Å². The number of fused-ring (bicyclic) bond motifs is 7. The molecule has 0 aromatic rings. The molecule has 4 saturated carbocycles. The van der Waals surface area contributed by atoms with Crippen molar-refractivity contribution in [3.05, 3.63) is 0 Å². The molecule has 11 fully saturated rings. The quantitative estimate of drug-likeness (QED) is 0.0722. The highest BCUT2D eigenvalue weighted by atomic mass is 16.8. The SMILES string of the molecule is C[C@H]1CO[C@@]2(O[C@H]3C[C@H]4[C@@H]5CC[C@H]6C[C@@H](O[C@@H]7O[C@H](CO)[C@H](O[C@@H]8O[C@H](CO)[C@@H](O)[C@H](O[C@@H]9OC[C@@H](O)[C@H](O)[C@H]9O)[C@H]8O[C@@H]8O[C@H](CO)[C@@H](O)[C@H](O)[C@H]8O)[C@H](O)[C@H]7O)CC[C@]6(C)[C@H]5CC[C@]4(C)[C@H]3[C@@H]2C)[C@@H](O[C@@H]2O[C@H](CO)[C@@H](O)[C@H](O)[C@H]2O)C1. The lowest BCUT2D eigenvalue weighted by atomic mass is 9.44. The van der Waals surface area contributed by atoms with Gasteiger partial charge in [0, 0.05) is 5.92 Å². The normalized spacial score (nSPS) is 57.7. The van der Waals surface area contributed by atoms with Gasteiger partial charge in [-0.3, -0.25) is 0 Å². The zero-order valence-corrected chi connectivity index (χ0v) is 47.8. The maximum absolute atomic E-state index is 11.9. The average Bonchev–Trinajstić information content (AvgIpc) is 2.03. The second-order valence-electron chi connectivity index (χ2n) is 26.8. The Hall–Kier alpha value is -1.12. The van der Waals surface area contributed by atoms with Crippen LogP contribution in [0.15, 0.2) is 0 Å². The van der Waals surface area contributed by atoms with Crippen molar-refractivity contribution in [3.63, 3.8) is 0 Å². The van der Waals surface area contributed by atoms with Gasteiger partial charge in [-0.05, 0) is 104 Å². The molecule has 37 atom stereocenters. The highest BCUT2D eigenvalue weighted by Crippen LogP contribution is 2.72. The number of hydrogen-bond donors (Lipinski definition) is 16. The molecule has 0 unspecified atom stereocenters. The smallest absolute Gasteiger partial charge is 0.198 e. The van der Waals surface area contributed by atoms with Crippen LogP contribution in [0, 0.1) is 52.3 Å². The Kier molecular flexibility index (Phi) is 19.3. The van der Waals surface area contributed by atoms with Crippen molar-refractivity contribution in [2.75, 3.05) is 39.6 Å². The van der Waals surface area contributed by atoms with Gasteiger partial charge >= 0.3 is 0 Å². The van der Waals surface area contributed by atoms with Crippen LogP contribution in [0.4, 0.5) is 0 Å². The lowest BCUT2D eigenvalue weighted by molar-refractivity contribution is -0.404. The molecule has 7 aliphatic heterocycles. The van der Waals surface area contributed by atoms with E-state index in [0.717, 1.165) is 38.5 Å². The minimum atomic E-state index is -2.03. The fourth-order valence-electron chi connectivity index (χ4n) is 17.5. The molecule has 11 rings (SSSR count). The molecule has 0 radical (unpaired) electrons. The van der Waals surface area contributed by atoms with Crippen molar-refractivity contribution in [1.82, 2.24) is 0 Å². The van der Waals surface area contributed by atoms with E-state index in [0.29, 0.717) is 43.6 Å². The van der Waals surface area contributed by atoms with E-state index in [1.165, 1.54) is 0 Å². The van der Waals surface area contributed by atoms with E-state index in [-0.39, 0.29) is 40.6 Å². The molecule has 7 heterocycles. The molecule has 1 spiro atoms. The summed E-state index contributed by atoms with van der Waals surface area (Å²) in [5.41, 5.74) is -0.126. The second kappa shape index (κ2) is 25.2. The summed E-state index contributed by atoms with van der Waals surface area (Å²) < 4.78 is 74.2. The molecule has 0 aromatic heterocycles. The molecule has 28 heteroatoms. The minimum absolute atomic E-state index is 0.0430. The van der Waals surface area contributed by atoms with Crippen LogP contribution < -0.4 is 0 Å². The number of aliphatic hydroxyl groups is 16. The summed E-state index contributed by atoms with van der Waals surface area (Å²) in [5.74, 6) is 0.438. The predicted molar refractivity (Wildman–Crippen MR) is 276 cm³/mol. The molecule has 0 aromatic carbocycles. The summed E-state index contributed by atoms with van der Waals surface area (Å²) in [5, 5.41) is 172. The first-order chi connectivity index (χ1) is 39.9. The van der Waals surface area contributed by atoms with Crippen molar-refractivity contribution >= 4 is 0 Å². The fourth-order valence-corrected chi connectivity index (χ4v) is 17.5. The zero-order chi connectivity index (χ0) is 60.2. The summed E-state index contributed by atoms with van der Waals surface area (Å²) in [6, 6.07) is 0. The molecule has 0 amide bonds. The molecule has 11 aliphatic rings. The van der Waals surface area contributed by atoms with Crippen LogP contribution in [-0.4, -0.2) is 293 Å². The first-order valence-corrected chi connectivity index (χ1v) is 30.4. The topological polar surface area (TPSA) is 434 Å². The van der Waals surface area contributed by atoms with Crippen LogP contribution in [0.2, 0.25) is 0 Å². The molecule has 84 heavy (non-hydrogen) atoms. The predicted octanol–water partition coefficient (Wildman–Crippen LogP) is -5.48. The molecule has 4 aliphatic carbocycles. The first-order valence-electron chi connectivity index (χ1n) is 30.4.